The normalized spacial score (nSPS) is 17.9. The van der Waals surface area contributed by atoms with Crippen molar-refractivity contribution in [1.29, 1.82) is 0 Å². The second kappa shape index (κ2) is 6.14. The molecule has 1 atom stereocenters. The molecule has 104 valence electrons. The number of nitrogens with one attached hydrogen (secondary N) is 1. The third-order valence-electron chi connectivity index (χ3n) is 4.07. The fourth-order valence-electron chi connectivity index (χ4n) is 3.12. The highest BCUT2D eigenvalue weighted by Gasteiger charge is 2.27. The highest BCUT2D eigenvalue weighted by molar-refractivity contribution is 5.29. The second-order valence-electron chi connectivity index (χ2n) is 5.36. The van der Waals surface area contributed by atoms with Crippen molar-refractivity contribution in [2.45, 2.75) is 18.8 Å². The zero-order valence-corrected chi connectivity index (χ0v) is 11.4. The van der Waals surface area contributed by atoms with Crippen LogP contribution in [0.4, 0.5) is 4.39 Å². The van der Waals surface area contributed by atoms with Gasteiger partial charge in [-0.3, -0.25) is 0 Å². The van der Waals surface area contributed by atoms with Crippen molar-refractivity contribution in [1.82, 2.24) is 10.3 Å². The van der Waals surface area contributed by atoms with Crippen LogP contribution in [0.25, 0.3) is 0 Å². The van der Waals surface area contributed by atoms with Crippen molar-refractivity contribution in [3.8, 4) is 0 Å². The molecule has 0 radical (unpaired) electrons. The van der Waals surface area contributed by atoms with E-state index in [0.717, 1.165) is 31.6 Å². The quantitative estimate of drug-likeness (QED) is 0.865. The lowest BCUT2D eigenvalue weighted by molar-refractivity contribution is 0.337. The standard InChI is InChI=1S/C17H19FN2/c18-16-8-4-7-15(20-16)17(13-5-2-1-3-6-13)14-9-11-19-12-10-14/h1-8,14,17,19H,9-12H2. The van der Waals surface area contributed by atoms with E-state index in [9.17, 15) is 4.39 Å². The maximum Gasteiger partial charge on any atom is 0.213 e. The Morgan fingerprint density at radius 3 is 2.45 bits per heavy atom. The molecule has 3 rings (SSSR count). The van der Waals surface area contributed by atoms with Gasteiger partial charge in [-0.15, -0.1) is 0 Å². The third-order valence-corrected chi connectivity index (χ3v) is 4.07. The van der Waals surface area contributed by atoms with E-state index < -0.39 is 5.95 Å². The Bertz CT molecular complexity index is 550. The van der Waals surface area contributed by atoms with Crippen molar-refractivity contribution in [3.05, 3.63) is 65.7 Å². The molecule has 1 aliphatic rings. The molecule has 2 aromatic rings. The van der Waals surface area contributed by atoms with Gasteiger partial charge in [-0.1, -0.05) is 36.4 Å². The Kier molecular flexibility index (Phi) is 4.07. The van der Waals surface area contributed by atoms with E-state index in [-0.39, 0.29) is 5.92 Å². The second-order valence-corrected chi connectivity index (χ2v) is 5.36. The molecule has 1 aliphatic heterocycles. The van der Waals surface area contributed by atoms with Crippen LogP contribution in [0.3, 0.4) is 0 Å². The minimum atomic E-state index is -0.391. The lowest BCUT2D eigenvalue weighted by Crippen LogP contribution is -2.31. The molecule has 0 bridgehead atoms. The molecule has 3 heteroatoms. The topological polar surface area (TPSA) is 24.9 Å². The van der Waals surface area contributed by atoms with E-state index in [1.165, 1.54) is 11.6 Å². The fourth-order valence-corrected chi connectivity index (χ4v) is 3.12. The highest BCUT2D eigenvalue weighted by Crippen LogP contribution is 2.35. The first-order valence-corrected chi connectivity index (χ1v) is 7.23. The molecule has 0 saturated carbocycles. The van der Waals surface area contributed by atoms with Crippen LogP contribution in [-0.4, -0.2) is 18.1 Å². The maximum atomic E-state index is 13.5. The van der Waals surface area contributed by atoms with Gasteiger partial charge in [0.2, 0.25) is 5.95 Å². The van der Waals surface area contributed by atoms with Gasteiger partial charge in [0.1, 0.15) is 0 Å². The van der Waals surface area contributed by atoms with Gasteiger partial charge in [0.25, 0.3) is 0 Å². The summed E-state index contributed by atoms with van der Waals surface area (Å²) >= 11 is 0. The van der Waals surface area contributed by atoms with Crippen molar-refractivity contribution in [3.63, 3.8) is 0 Å². The van der Waals surface area contributed by atoms with Gasteiger partial charge < -0.3 is 5.32 Å². The Hall–Kier alpha value is -1.74. The van der Waals surface area contributed by atoms with Crippen LogP contribution in [0.5, 0.6) is 0 Å². The number of aromatic nitrogens is 1. The molecule has 2 nitrogen and oxygen atoms in total. The number of halogens is 1. The molecule has 1 N–H and O–H groups in total. The monoisotopic (exact) mass is 270 g/mol. The molecule has 0 spiro atoms. The first-order valence-electron chi connectivity index (χ1n) is 7.23. The summed E-state index contributed by atoms with van der Waals surface area (Å²) in [5.41, 5.74) is 2.08. The number of rotatable bonds is 3. The van der Waals surface area contributed by atoms with Gasteiger partial charge >= 0.3 is 0 Å². The minimum Gasteiger partial charge on any atom is -0.317 e. The Morgan fingerprint density at radius 1 is 1.00 bits per heavy atom. The van der Waals surface area contributed by atoms with Gasteiger partial charge in [0, 0.05) is 5.92 Å². The van der Waals surface area contributed by atoms with Crippen LogP contribution in [-0.2, 0) is 0 Å². The summed E-state index contributed by atoms with van der Waals surface area (Å²) in [5.74, 6) is 0.319. The summed E-state index contributed by atoms with van der Waals surface area (Å²) in [6.07, 6.45) is 2.22. The molecule has 1 aromatic carbocycles. The number of nitrogens with zero attached hydrogens (tertiary/aromatic N) is 1. The molecule has 0 amide bonds. The van der Waals surface area contributed by atoms with Crippen molar-refractivity contribution in [2.24, 2.45) is 5.92 Å². The van der Waals surface area contributed by atoms with E-state index in [0.29, 0.717) is 5.92 Å². The molecule has 1 aromatic heterocycles. The van der Waals surface area contributed by atoms with Crippen LogP contribution >= 0.6 is 0 Å². The number of hydrogen-bond donors (Lipinski definition) is 1. The summed E-state index contributed by atoms with van der Waals surface area (Å²) in [6, 6.07) is 15.5. The van der Waals surface area contributed by atoms with Gasteiger partial charge in [-0.25, -0.2) is 4.98 Å². The summed E-state index contributed by atoms with van der Waals surface area (Å²) in [7, 11) is 0. The fraction of sp³-hybridized carbons (Fsp3) is 0.353. The van der Waals surface area contributed by atoms with Gasteiger partial charge in [-0.2, -0.15) is 4.39 Å². The predicted molar refractivity (Wildman–Crippen MR) is 78.1 cm³/mol. The molecule has 20 heavy (non-hydrogen) atoms. The van der Waals surface area contributed by atoms with Crippen LogP contribution in [0, 0.1) is 11.9 Å². The average molecular weight is 270 g/mol. The van der Waals surface area contributed by atoms with Crippen molar-refractivity contribution >= 4 is 0 Å². The van der Waals surface area contributed by atoms with Gasteiger partial charge in [0.15, 0.2) is 0 Å². The molecular weight excluding hydrogens is 251 g/mol. The van der Waals surface area contributed by atoms with Gasteiger partial charge in [0.05, 0.1) is 5.69 Å². The van der Waals surface area contributed by atoms with E-state index in [1.54, 1.807) is 6.07 Å². The molecular formula is C17H19FN2. The first-order chi connectivity index (χ1) is 9.84. The van der Waals surface area contributed by atoms with Crippen LogP contribution in [0.15, 0.2) is 48.5 Å². The summed E-state index contributed by atoms with van der Waals surface area (Å²) in [4.78, 5) is 4.14. The number of hydrogen-bond acceptors (Lipinski definition) is 2. The summed E-state index contributed by atoms with van der Waals surface area (Å²) in [6.45, 7) is 2.06. The lowest BCUT2D eigenvalue weighted by atomic mass is 9.78. The Morgan fingerprint density at radius 2 is 1.75 bits per heavy atom. The minimum absolute atomic E-state index is 0.189. The SMILES string of the molecule is Fc1cccc(C(c2ccccc2)C2CCNCC2)n1. The number of benzene rings is 1. The maximum absolute atomic E-state index is 13.5. The predicted octanol–water partition coefficient (Wildman–Crippen LogP) is 3.35. The Balaban J connectivity index is 1.98. The highest BCUT2D eigenvalue weighted by atomic mass is 19.1. The largest absolute Gasteiger partial charge is 0.317 e. The van der Waals surface area contributed by atoms with E-state index in [2.05, 4.69) is 22.4 Å². The van der Waals surface area contributed by atoms with Crippen LogP contribution < -0.4 is 5.32 Å². The molecule has 1 unspecified atom stereocenters. The molecule has 0 aliphatic carbocycles. The molecule has 1 saturated heterocycles. The van der Waals surface area contributed by atoms with E-state index in [4.69, 9.17) is 0 Å². The Labute approximate surface area is 119 Å². The van der Waals surface area contributed by atoms with Crippen LogP contribution in [0.2, 0.25) is 0 Å². The summed E-state index contributed by atoms with van der Waals surface area (Å²) < 4.78 is 13.5. The van der Waals surface area contributed by atoms with Crippen molar-refractivity contribution < 1.29 is 4.39 Å². The average Bonchev–Trinajstić information content (AvgIpc) is 2.50. The lowest BCUT2D eigenvalue weighted by Gasteiger charge is -2.30. The van der Waals surface area contributed by atoms with Gasteiger partial charge in [-0.05, 0) is 49.5 Å². The smallest absolute Gasteiger partial charge is 0.213 e. The molecule has 2 heterocycles. The summed E-state index contributed by atoms with van der Waals surface area (Å²) in [5, 5.41) is 3.39. The third kappa shape index (κ3) is 2.88. The zero-order valence-electron chi connectivity index (χ0n) is 11.4. The molecule has 1 fully saturated rings. The van der Waals surface area contributed by atoms with E-state index >= 15 is 0 Å². The first kappa shape index (κ1) is 13.3. The van der Waals surface area contributed by atoms with Crippen LogP contribution in [0.1, 0.15) is 30.0 Å². The number of pyridine rings is 1. The number of piperidine rings is 1. The van der Waals surface area contributed by atoms with Crippen molar-refractivity contribution in [2.75, 3.05) is 13.1 Å². The zero-order chi connectivity index (χ0) is 13.8. The van der Waals surface area contributed by atoms with E-state index in [1.807, 2.05) is 24.3 Å².